The first-order chi connectivity index (χ1) is 10.1. The van der Waals surface area contributed by atoms with Gasteiger partial charge in [-0.2, -0.15) is 0 Å². The molecule has 1 saturated heterocycles. The Hall–Kier alpha value is -1.10. The van der Waals surface area contributed by atoms with Gasteiger partial charge in [-0.15, -0.1) is 0 Å². The minimum atomic E-state index is 0.0334. The topological polar surface area (TPSA) is 33.7 Å². The molecule has 0 aromatic heterocycles. The molecule has 0 spiro atoms. The van der Waals surface area contributed by atoms with E-state index in [1.165, 1.54) is 5.56 Å². The molecule has 1 fully saturated rings. The van der Waals surface area contributed by atoms with Crippen LogP contribution in [-0.4, -0.2) is 50.4 Å². The molecule has 0 amide bonds. The number of nitrogens with zero attached hydrogens (tertiary/aromatic N) is 1. The lowest BCUT2D eigenvalue weighted by atomic mass is 9.86. The fourth-order valence-corrected chi connectivity index (χ4v) is 3.17. The van der Waals surface area contributed by atoms with Crippen molar-refractivity contribution in [3.05, 3.63) is 29.8 Å². The Balaban J connectivity index is 2.16. The zero-order valence-electron chi connectivity index (χ0n) is 13.7. The average molecular weight is 292 g/mol. The van der Waals surface area contributed by atoms with Crippen LogP contribution < -0.4 is 10.1 Å². The summed E-state index contributed by atoms with van der Waals surface area (Å²) in [5, 5.41) is 3.48. The smallest absolute Gasteiger partial charge is 0.119 e. The molecular weight excluding hydrogens is 264 g/mol. The number of rotatable bonds is 6. The molecule has 0 radical (unpaired) electrons. The molecule has 1 unspecified atom stereocenters. The van der Waals surface area contributed by atoms with Gasteiger partial charge in [0.1, 0.15) is 5.75 Å². The molecule has 0 aliphatic carbocycles. The zero-order chi connectivity index (χ0) is 15.3. The predicted molar refractivity (Wildman–Crippen MR) is 85.9 cm³/mol. The Morgan fingerprint density at radius 2 is 1.86 bits per heavy atom. The largest absolute Gasteiger partial charge is 0.494 e. The zero-order valence-corrected chi connectivity index (χ0v) is 13.7. The maximum absolute atomic E-state index is 5.53. The van der Waals surface area contributed by atoms with Crippen LogP contribution in [0.4, 0.5) is 0 Å². The Morgan fingerprint density at radius 3 is 2.38 bits per heavy atom. The fraction of sp³-hybridized carbons (Fsp3) is 0.647. The number of morpholine rings is 1. The molecule has 0 bridgehead atoms. The summed E-state index contributed by atoms with van der Waals surface area (Å²) in [4.78, 5) is 2.51. The molecular formula is C17H28N2O2. The Morgan fingerprint density at radius 1 is 1.24 bits per heavy atom. The van der Waals surface area contributed by atoms with Gasteiger partial charge in [0.2, 0.25) is 0 Å². The maximum Gasteiger partial charge on any atom is 0.119 e. The molecule has 1 aromatic rings. The SMILES string of the molecule is CCOc1ccc(C(NC)C(C)(C)N2CCOCC2)cc1. The number of ether oxygens (including phenoxy) is 2. The number of nitrogens with one attached hydrogen (secondary N) is 1. The molecule has 118 valence electrons. The van der Waals surface area contributed by atoms with E-state index >= 15 is 0 Å². The van der Waals surface area contributed by atoms with Crippen LogP contribution in [0.5, 0.6) is 5.75 Å². The lowest BCUT2D eigenvalue weighted by Crippen LogP contribution is -2.55. The van der Waals surface area contributed by atoms with Crippen molar-refractivity contribution in [1.29, 1.82) is 0 Å². The third-order valence-corrected chi connectivity index (χ3v) is 4.35. The van der Waals surface area contributed by atoms with Crippen LogP contribution >= 0.6 is 0 Å². The second kappa shape index (κ2) is 7.25. The van der Waals surface area contributed by atoms with Crippen molar-refractivity contribution in [3.63, 3.8) is 0 Å². The Bertz CT molecular complexity index is 425. The third-order valence-electron chi connectivity index (χ3n) is 4.35. The summed E-state index contributed by atoms with van der Waals surface area (Å²) in [5.74, 6) is 0.931. The Kier molecular flexibility index (Phi) is 5.62. The quantitative estimate of drug-likeness (QED) is 0.873. The van der Waals surface area contributed by atoms with E-state index < -0.39 is 0 Å². The van der Waals surface area contributed by atoms with E-state index in [1.807, 2.05) is 14.0 Å². The lowest BCUT2D eigenvalue weighted by Gasteiger charge is -2.46. The van der Waals surface area contributed by atoms with E-state index in [4.69, 9.17) is 9.47 Å². The van der Waals surface area contributed by atoms with Crippen molar-refractivity contribution in [2.75, 3.05) is 40.0 Å². The first kappa shape index (κ1) is 16.3. The monoisotopic (exact) mass is 292 g/mol. The van der Waals surface area contributed by atoms with E-state index in [-0.39, 0.29) is 11.6 Å². The van der Waals surface area contributed by atoms with Crippen LogP contribution in [0.3, 0.4) is 0 Å². The average Bonchev–Trinajstić information content (AvgIpc) is 2.51. The maximum atomic E-state index is 5.53. The summed E-state index contributed by atoms with van der Waals surface area (Å²) in [5.41, 5.74) is 1.32. The van der Waals surface area contributed by atoms with Crippen molar-refractivity contribution in [1.82, 2.24) is 10.2 Å². The molecule has 4 nitrogen and oxygen atoms in total. The van der Waals surface area contributed by atoms with E-state index in [0.717, 1.165) is 32.1 Å². The van der Waals surface area contributed by atoms with Gasteiger partial charge < -0.3 is 14.8 Å². The van der Waals surface area contributed by atoms with Crippen LogP contribution in [-0.2, 0) is 4.74 Å². The molecule has 21 heavy (non-hydrogen) atoms. The first-order valence-corrected chi connectivity index (χ1v) is 7.82. The van der Waals surface area contributed by atoms with Gasteiger partial charge >= 0.3 is 0 Å². The van der Waals surface area contributed by atoms with Crippen molar-refractivity contribution in [2.24, 2.45) is 0 Å². The minimum absolute atomic E-state index is 0.0334. The molecule has 1 aliphatic rings. The molecule has 1 aromatic carbocycles. The normalized spacial score (nSPS) is 18.5. The van der Waals surface area contributed by atoms with Gasteiger partial charge in [0, 0.05) is 24.7 Å². The molecule has 1 N–H and O–H groups in total. The predicted octanol–water partition coefficient (Wildman–Crippen LogP) is 2.46. The second-order valence-electron chi connectivity index (χ2n) is 5.98. The Labute approximate surface area is 128 Å². The highest BCUT2D eigenvalue weighted by molar-refractivity contribution is 5.31. The van der Waals surface area contributed by atoms with E-state index in [0.29, 0.717) is 6.61 Å². The van der Waals surface area contributed by atoms with Crippen LogP contribution in [0.2, 0.25) is 0 Å². The summed E-state index contributed by atoms with van der Waals surface area (Å²) < 4.78 is 11.0. The molecule has 1 atom stereocenters. The van der Waals surface area contributed by atoms with Crippen molar-refractivity contribution >= 4 is 0 Å². The molecule has 1 aliphatic heterocycles. The van der Waals surface area contributed by atoms with Crippen LogP contribution in [0, 0.1) is 0 Å². The highest BCUT2D eigenvalue weighted by Gasteiger charge is 2.36. The van der Waals surface area contributed by atoms with Gasteiger partial charge in [0.05, 0.1) is 19.8 Å². The summed E-state index contributed by atoms with van der Waals surface area (Å²) in [6.45, 7) is 10.9. The van der Waals surface area contributed by atoms with Crippen LogP contribution in [0.15, 0.2) is 24.3 Å². The van der Waals surface area contributed by atoms with Crippen molar-refractivity contribution in [2.45, 2.75) is 32.4 Å². The minimum Gasteiger partial charge on any atom is -0.494 e. The first-order valence-electron chi connectivity index (χ1n) is 7.82. The fourth-order valence-electron chi connectivity index (χ4n) is 3.17. The number of hydrogen-bond donors (Lipinski definition) is 1. The third kappa shape index (κ3) is 3.76. The van der Waals surface area contributed by atoms with Gasteiger partial charge in [-0.1, -0.05) is 12.1 Å². The van der Waals surface area contributed by atoms with Gasteiger partial charge in [0.25, 0.3) is 0 Å². The van der Waals surface area contributed by atoms with E-state index in [2.05, 4.69) is 48.3 Å². The van der Waals surface area contributed by atoms with Gasteiger partial charge in [-0.3, -0.25) is 4.90 Å². The van der Waals surface area contributed by atoms with Gasteiger partial charge in [-0.05, 0) is 45.5 Å². The molecule has 1 heterocycles. The van der Waals surface area contributed by atoms with E-state index in [9.17, 15) is 0 Å². The van der Waals surface area contributed by atoms with Crippen molar-refractivity contribution < 1.29 is 9.47 Å². The molecule has 0 saturated carbocycles. The lowest BCUT2D eigenvalue weighted by molar-refractivity contribution is -0.0229. The standard InChI is InChI=1S/C17H28N2O2/c1-5-21-15-8-6-14(7-9-15)16(18-4)17(2,3)19-10-12-20-13-11-19/h6-9,16,18H,5,10-13H2,1-4H3. The summed E-state index contributed by atoms with van der Waals surface area (Å²) in [6, 6.07) is 8.70. The number of hydrogen-bond acceptors (Lipinski definition) is 4. The van der Waals surface area contributed by atoms with Gasteiger partial charge in [-0.25, -0.2) is 0 Å². The summed E-state index contributed by atoms with van der Waals surface area (Å²) in [7, 11) is 2.03. The number of benzene rings is 1. The van der Waals surface area contributed by atoms with E-state index in [1.54, 1.807) is 0 Å². The van der Waals surface area contributed by atoms with Crippen molar-refractivity contribution in [3.8, 4) is 5.75 Å². The highest BCUT2D eigenvalue weighted by atomic mass is 16.5. The second-order valence-corrected chi connectivity index (χ2v) is 5.98. The number of likely N-dealkylation sites (N-methyl/N-ethyl adjacent to an activating group) is 1. The highest BCUT2D eigenvalue weighted by Crippen LogP contribution is 2.32. The molecule has 4 heteroatoms. The molecule has 2 rings (SSSR count). The van der Waals surface area contributed by atoms with Crippen LogP contribution in [0.25, 0.3) is 0 Å². The summed E-state index contributed by atoms with van der Waals surface area (Å²) in [6.07, 6.45) is 0. The van der Waals surface area contributed by atoms with Gasteiger partial charge in [0.15, 0.2) is 0 Å². The van der Waals surface area contributed by atoms with Crippen LogP contribution in [0.1, 0.15) is 32.4 Å². The summed E-state index contributed by atoms with van der Waals surface area (Å²) >= 11 is 0.